The van der Waals surface area contributed by atoms with Crippen LogP contribution in [0, 0.1) is 25.2 Å². The molecule has 1 heterocycles. The molecular formula is C23H21N3O3. The summed E-state index contributed by atoms with van der Waals surface area (Å²) in [6.45, 7) is 5.25. The van der Waals surface area contributed by atoms with E-state index in [-0.39, 0.29) is 5.57 Å². The minimum atomic E-state index is -1.11. The fourth-order valence-electron chi connectivity index (χ4n) is 3.28. The summed E-state index contributed by atoms with van der Waals surface area (Å²) >= 11 is 0. The van der Waals surface area contributed by atoms with Crippen molar-refractivity contribution < 1.29 is 14.3 Å². The fourth-order valence-corrected chi connectivity index (χ4v) is 3.28. The molecule has 0 saturated heterocycles. The number of rotatable bonds is 5. The van der Waals surface area contributed by atoms with Gasteiger partial charge in [-0.3, -0.25) is 4.79 Å². The summed E-state index contributed by atoms with van der Waals surface area (Å²) in [7, 11) is 0. The zero-order valence-corrected chi connectivity index (χ0v) is 16.5. The summed E-state index contributed by atoms with van der Waals surface area (Å²) in [6, 6.07) is 17.9. The summed E-state index contributed by atoms with van der Waals surface area (Å²) in [4.78, 5) is 23.3. The van der Waals surface area contributed by atoms with Gasteiger partial charge in [0.15, 0.2) is 6.10 Å². The molecule has 0 aliphatic carbocycles. The average Bonchev–Trinajstić information content (AvgIpc) is 2.98. The standard InChI is InChI=1S/C23H21N3O3/c1-14-11-18(12-19(13-24)23(28)29-16(3)22(25)27)15(2)26(14)21-10-6-8-17-7-4-5-9-20(17)21/h4-12,16H,1-3H3,(H2,25,27)/b19-12+/t16-/m0/s1. The van der Waals surface area contributed by atoms with Crippen LogP contribution in [-0.2, 0) is 14.3 Å². The van der Waals surface area contributed by atoms with Gasteiger partial charge < -0.3 is 15.0 Å². The summed E-state index contributed by atoms with van der Waals surface area (Å²) in [5, 5.41) is 11.6. The molecule has 2 N–H and O–H groups in total. The summed E-state index contributed by atoms with van der Waals surface area (Å²) in [5.74, 6) is -1.65. The quantitative estimate of drug-likeness (QED) is 0.411. The topological polar surface area (TPSA) is 98.1 Å². The van der Waals surface area contributed by atoms with E-state index in [1.165, 1.54) is 13.0 Å². The van der Waals surface area contributed by atoms with Gasteiger partial charge >= 0.3 is 5.97 Å². The Bertz CT molecular complexity index is 1180. The van der Waals surface area contributed by atoms with Crippen LogP contribution in [0.1, 0.15) is 23.9 Å². The number of carbonyl (C=O) groups excluding carboxylic acids is 2. The van der Waals surface area contributed by atoms with Gasteiger partial charge in [0.25, 0.3) is 5.91 Å². The first-order valence-corrected chi connectivity index (χ1v) is 9.12. The van der Waals surface area contributed by atoms with E-state index < -0.39 is 18.0 Å². The molecule has 0 spiro atoms. The number of ether oxygens (including phenoxy) is 1. The van der Waals surface area contributed by atoms with E-state index in [4.69, 9.17) is 10.5 Å². The molecule has 3 aromatic rings. The molecule has 146 valence electrons. The Kier molecular flexibility index (Phi) is 5.51. The number of aryl methyl sites for hydroxylation is 1. The lowest BCUT2D eigenvalue weighted by molar-refractivity contribution is -0.149. The van der Waals surface area contributed by atoms with Crippen molar-refractivity contribution in [2.45, 2.75) is 26.9 Å². The van der Waals surface area contributed by atoms with E-state index in [0.29, 0.717) is 0 Å². The van der Waals surface area contributed by atoms with Gasteiger partial charge in [0.05, 0.1) is 5.69 Å². The molecule has 3 rings (SSSR count). The maximum atomic E-state index is 12.2. The van der Waals surface area contributed by atoms with Crippen LogP contribution in [0.3, 0.4) is 0 Å². The van der Waals surface area contributed by atoms with Gasteiger partial charge in [-0.05, 0) is 49.9 Å². The van der Waals surface area contributed by atoms with Gasteiger partial charge in [-0.25, -0.2) is 4.79 Å². The maximum Gasteiger partial charge on any atom is 0.349 e. The molecule has 6 heteroatoms. The van der Waals surface area contributed by atoms with Crippen molar-refractivity contribution in [2.24, 2.45) is 5.73 Å². The number of benzene rings is 2. The molecule has 6 nitrogen and oxygen atoms in total. The smallest absolute Gasteiger partial charge is 0.349 e. The van der Waals surface area contributed by atoms with Crippen LogP contribution in [0.4, 0.5) is 0 Å². The molecule has 0 fully saturated rings. The number of aromatic nitrogens is 1. The molecule has 29 heavy (non-hydrogen) atoms. The number of hydrogen-bond acceptors (Lipinski definition) is 4. The number of nitrogens with zero attached hydrogens (tertiary/aromatic N) is 2. The third-order valence-electron chi connectivity index (χ3n) is 4.80. The number of hydrogen-bond donors (Lipinski definition) is 1. The van der Waals surface area contributed by atoms with Crippen LogP contribution >= 0.6 is 0 Å². The first kappa shape index (κ1) is 19.9. The van der Waals surface area contributed by atoms with E-state index in [1.807, 2.05) is 50.2 Å². The molecule has 0 unspecified atom stereocenters. The summed E-state index contributed by atoms with van der Waals surface area (Å²) < 4.78 is 7.03. The van der Waals surface area contributed by atoms with Crippen molar-refractivity contribution in [3.63, 3.8) is 0 Å². The number of amides is 1. The highest BCUT2D eigenvalue weighted by molar-refractivity contribution is 5.99. The third kappa shape index (κ3) is 3.90. The number of primary amides is 1. The minimum absolute atomic E-state index is 0.198. The number of esters is 1. The van der Waals surface area contributed by atoms with Crippen LogP contribution in [0.15, 0.2) is 54.1 Å². The van der Waals surface area contributed by atoms with Gasteiger partial charge in [0.2, 0.25) is 0 Å². The Hall–Kier alpha value is -3.85. The molecular weight excluding hydrogens is 366 g/mol. The molecule has 0 radical (unpaired) electrons. The van der Waals surface area contributed by atoms with Gasteiger partial charge in [-0.1, -0.05) is 36.4 Å². The zero-order valence-electron chi connectivity index (χ0n) is 16.5. The third-order valence-corrected chi connectivity index (χ3v) is 4.80. The van der Waals surface area contributed by atoms with Crippen molar-refractivity contribution in [1.82, 2.24) is 4.57 Å². The molecule has 1 amide bonds. The number of nitrogens with two attached hydrogens (primary N) is 1. The van der Waals surface area contributed by atoms with Crippen molar-refractivity contribution in [3.05, 3.63) is 71.1 Å². The highest BCUT2D eigenvalue weighted by Gasteiger charge is 2.19. The second kappa shape index (κ2) is 8.03. The van der Waals surface area contributed by atoms with E-state index in [1.54, 1.807) is 0 Å². The largest absolute Gasteiger partial charge is 0.448 e. The molecule has 0 aliphatic heterocycles. The van der Waals surface area contributed by atoms with E-state index >= 15 is 0 Å². The van der Waals surface area contributed by atoms with Crippen molar-refractivity contribution in [1.29, 1.82) is 5.26 Å². The SMILES string of the molecule is Cc1cc(/C=C(\C#N)C(=O)O[C@@H](C)C(N)=O)c(C)n1-c1cccc2ccccc12. The minimum Gasteiger partial charge on any atom is -0.448 e. The Morgan fingerprint density at radius 2 is 1.86 bits per heavy atom. The first-order valence-electron chi connectivity index (χ1n) is 9.12. The van der Waals surface area contributed by atoms with Crippen LogP contribution in [0.5, 0.6) is 0 Å². The predicted octanol–water partition coefficient (Wildman–Crippen LogP) is 3.57. The van der Waals surface area contributed by atoms with Crippen LogP contribution in [-0.4, -0.2) is 22.5 Å². The lowest BCUT2D eigenvalue weighted by atomic mass is 10.1. The van der Waals surface area contributed by atoms with E-state index in [2.05, 4.69) is 22.8 Å². The number of fused-ring (bicyclic) bond motifs is 1. The van der Waals surface area contributed by atoms with E-state index in [0.717, 1.165) is 33.4 Å². The summed E-state index contributed by atoms with van der Waals surface area (Å²) in [6.07, 6.45) is 0.363. The molecule has 1 aromatic heterocycles. The van der Waals surface area contributed by atoms with Crippen LogP contribution in [0.25, 0.3) is 22.5 Å². The predicted molar refractivity (Wildman–Crippen MR) is 111 cm³/mol. The number of nitriles is 1. The molecule has 1 atom stereocenters. The molecule has 0 aliphatic rings. The average molecular weight is 387 g/mol. The van der Waals surface area contributed by atoms with E-state index in [9.17, 15) is 14.9 Å². The Labute approximate surface area is 168 Å². The van der Waals surface area contributed by atoms with Gasteiger partial charge in [-0.2, -0.15) is 5.26 Å². The number of carbonyl (C=O) groups is 2. The van der Waals surface area contributed by atoms with Gasteiger partial charge in [0.1, 0.15) is 11.6 Å². The van der Waals surface area contributed by atoms with Crippen LogP contribution in [0.2, 0.25) is 0 Å². The van der Waals surface area contributed by atoms with Gasteiger partial charge in [0, 0.05) is 16.8 Å². The lowest BCUT2D eigenvalue weighted by Gasteiger charge is -2.13. The second-order valence-electron chi connectivity index (χ2n) is 6.78. The Morgan fingerprint density at radius 1 is 1.17 bits per heavy atom. The fraction of sp³-hybridized carbons (Fsp3) is 0.174. The molecule has 2 aromatic carbocycles. The maximum absolute atomic E-state index is 12.2. The second-order valence-corrected chi connectivity index (χ2v) is 6.78. The van der Waals surface area contributed by atoms with Crippen molar-refractivity contribution in [2.75, 3.05) is 0 Å². The Morgan fingerprint density at radius 3 is 2.55 bits per heavy atom. The highest BCUT2D eigenvalue weighted by atomic mass is 16.5. The first-order chi connectivity index (χ1) is 13.8. The Balaban J connectivity index is 2.05. The summed E-state index contributed by atoms with van der Waals surface area (Å²) in [5.41, 5.74) is 8.49. The van der Waals surface area contributed by atoms with Crippen molar-refractivity contribution >= 4 is 28.7 Å². The lowest BCUT2D eigenvalue weighted by Crippen LogP contribution is -2.30. The van der Waals surface area contributed by atoms with Gasteiger partial charge in [-0.15, -0.1) is 0 Å². The highest BCUT2D eigenvalue weighted by Crippen LogP contribution is 2.28. The van der Waals surface area contributed by atoms with Crippen LogP contribution < -0.4 is 5.73 Å². The monoisotopic (exact) mass is 387 g/mol. The zero-order chi connectivity index (χ0) is 21.1. The normalized spacial score (nSPS) is 12.4. The molecule has 0 saturated carbocycles. The van der Waals surface area contributed by atoms with Crippen molar-refractivity contribution in [3.8, 4) is 11.8 Å². The molecule has 0 bridgehead atoms.